The van der Waals surface area contributed by atoms with Crippen LogP contribution in [-0.2, 0) is 21.2 Å². The lowest BCUT2D eigenvalue weighted by Gasteiger charge is -2.20. The molecule has 2 aromatic carbocycles. The first-order valence-corrected chi connectivity index (χ1v) is 10.4. The maximum absolute atomic E-state index is 12.9. The Morgan fingerprint density at radius 3 is 2.63 bits per heavy atom. The van der Waals surface area contributed by atoms with Gasteiger partial charge in [0, 0.05) is 30.3 Å². The van der Waals surface area contributed by atoms with E-state index in [9.17, 15) is 13.2 Å². The summed E-state index contributed by atoms with van der Waals surface area (Å²) in [6, 6.07) is 11.1. The summed E-state index contributed by atoms with van der Waals surface area (Å²) in [7, 11) is -2.09. The molecule has 0 spiro atoms. The zero-order valence-electron chi connectivity index (χ0n) is 15.1. The molecule has 0 saturated heterocycles. The van der Waals surface area contributed by atoms with Crippen molar-refractivity contribution < 1.29 is 17.9 Å². The third-order valence-electron chi connectivity index (χ3n) is 4.39. The molecule has 1 heterocycles. The fourth-order valence-electron chi connectivity index (χ4n) is 3.09. The molecule has 1 N–H and O–H groups in total. The SMILES string of the molecule is COC[C@@H](C)NC(=O)c1ccc2c(c1)CCN2S(=O)(=O)c1ccc(Cl)cc1. The largest absolute Gasteiger partial charge is 0.383 e. The number of carbonyl (C=O) groups excluding carboxylic acids is 1. The van der Waals surface area contributed by atoms with E-state index in [0.29, 0.717) is 35.8 Å². The number of carbonyl (C=O) groups is 1. The van der Waals surface area contributed by atoms with Crippen LogP contribution in [-0.4, -0.2) is 40.6 Å². The third-order valence-corrected chi connectivity index (χ3v) is 6.47. The Balaban J connectivity index is 1.84. The van der Waals surface area contributed by atoms with E-state index in [2.05, 4.69) is 5.32 Å². The Bertz CT molecular complexity index is 945. The summed E-state index contributed by atoms with van der Waals surface area (Å²) in [6.07, 6.45) is 0.552. The van der Waals surface area contributed by atoms with Gasteiger partial charge in [-0.05, 0) is 61.4 Å². The molecular formula is C19H21ClN2O4S. The van der Waals surface area contributed by atoms with Crippen LogP contribution in [0.4, 0.5) is 5.69 Å². The highest BCUT2D eigenvalue weighted by Gasteiger charge is 2.31. The number of methoxy groups -OCH3 is 1. The topological polar surface area (TPSA) is 75.7 Å². The van der Waals surface area contributed by atoms with E-state index < -0.39 is 10.0 Å². The van der Waals surface area contributed by atoms with Gasteiger partial charge in [-0.1, -0.05) is 11.6 Å². The highest BCUT2D eigenvalue weighted by atomic mass is 35.5. The molecule has 3 rings (SSSR count). The molecule has 6 nitrogen and oxygen atoms in total. The van der Waals surface area contributed by atoms with Gasteiger partial charge in [-0.3, -0.25) is 9.10 Å². The van der Waals surface area contributed by atoms with E-state index in [1.165, 1.54) is 16.4 Å². The van der Waals surface area contributed by atoms with Crippen molar-refractivity contribution in [3.05, 3.63) is 58.6 Å². The van der Waals surface area contributed by atoms with Gasteiger partial charge in [-0.25, -0.2) is 8.42 Å². The van der Waals surface area contributed by atoms with Crippen LogP contribution in [0.5, 0.6) is 0 Å². The van der Waals surface area contributed by atoms with Gasteiger partial charge in [0.2, 0.25) is 0 Å². The van der Waals surface area contributed by atoms with Crippen molar-refractivity contribution in [2.75, 3.05) is 24.6 Å². The fraction of sp³-hybridized carbons (Fsp3) is 0.316. The lowest BCUT2D eigenvalue weighted by Crippen LogP contribution is -2.35. The molecule has 0 radical (unpaired) electrons. The second-order valence-corrected chi connectivity index (χ2v) is 8.75. The first-order valence-electron chi connectivity index (χ1n) is 8.54. The van der Waals surface area contributed by atoms with E-state index in [1.807, 2.05) is 6.92 Å². The van der Waals surface area contributed by atoms with Crippen LogP contribution < -0.4 is 9.62 Å². The van der Waals surface area contributed by atoms with Crippen molar-refractivity contribution in [2.24, 2.45) is 0 Å². The molecule has 1 amide bonds. The molecule has 0 aromatic heterocycles. The summed E-state index contributed by atoms with van der Waals surface area (Å²) in [5, 5.41) is 3.33. The molecule has 1 aliphatic rings. The van der Waals surface area contributed by atoms with Crippen LogP contribution in [0.15, 0.2) is 47.4 Å². The van der Waals surface area contributed by atoms with Gasteiger partial charge in [0.25, 0.3) is 15.9 Å². The second kappa shape index (κ2) is 7.88. The van der Waals surface area contributed by atoms with E-state index >= 15 is 0 Å². The lowest BCUT2D eigenvalue weighted by atomic mass is 10.1. The summed E-state index contributed by atoms with van der Waals surface area (Å²) in [5.74, 6) is -0.207. The summed E-state index contributed by atoms with van der Waals surface area (Å²) < 4.78 is 32.3. The number of nitrogens with zero attached hydrogens (tertiary/aromatic N) is 1. The van der Waals surface area contributed by atoms with E-state index in [-0.39, 0.29) is 16.8 Å². The van der Waals surface area contributed by atoms with Crippen molar-refractivity contribution >= 4 is 33.2 Å². The normalized spacial score (nSPS) is 14.7. The molecule has 1 atom stereocenters. The first kappa shape index (κ1) is 19.7. The van der Waals surface area contributed by atoms with E-state index in [1.54, 1.807) is 37.4 Å². The molecule has 0 bridgehead atoms. The summed E-state index contributed by atoms with van der Waals surface area (Å²) in [4.78, 5) is 12.5. The minimum atomic E-state index is -3.67. The van der Waals surface area contributed by atoms with Crippen LogP contribution in [0.3, 0.4) is 0 Å². The van der Waals surface area contributed by atoms with Crippen LogP contribution >= 0.6 is 11.6 Å². The molecule has 8 heteroatoms. The average molecular weight is 409 g/mol. The highest BCUT2D eigenvalue weighted by molar-refractivity contribution is 7.92. The molecule has 27 heavy (non-hydrogen) atoms. The quantitative estimate of drug-likeness (QED) is 0.797. The number of rotatable bonds is 6. The number of sulfonamides is 1. The van der Waals surface area contributed by atoms with Crippen molar-refractivity contribution in [3.63, 3.8) is 0 Å². The zero-order chi connectivity index (χ0) is 19.6. The molecule has 1 aliphatic heterocycles. The van der Waals surface area contributed by atoms with E-state index in [0.717, 1.165) is 5.56 Å². The number of halogens is 1. The number of amides is 1. The maximum Gasteiger partial charge on any atom is 0.264 e. The van der Waals surface area contributed by atoms with Crippen LogP contribution in [0.2, 0.25) is 5.02 Å². The third kappa shape index (κ3) is 4.10. The van der Waals surface area contributed by atoms with Gasteiger partial charge in [0.1, 0.15) is 0 Å². The monoisotopic (exact) mass is 408 g/mol. The van der Waals surface area contributed by atoms with Gasteiger partial charge in [-0.2, -0.15) is 0 Å². The van der Waals surface area contributed by atoms with Crippen LogP contribution in [0.25, 0.3) is 0 Å². The highest BCUT2D eigenvalue weighted by Crippen LogP contribution is 2.33. The fourth-order valence-corrected chi connectivity index (χ4v) is 4.72. The smallest absolute Gasteiger partial charge is 0.264 e. The van der Waals surface area contributed by atoms with Crippen molar-refractivity contribution in [3.8, 4) is 0 Å². The predicted molar refractivity (Wildman–Crippen MR) is 105 cm³/mol. The molecular weight excluding hydrogens is 388 g/mol. The van der Waals surface area contributed by atoms with Gasteiger partial charge < -0.3 is 10.1 Å². The minimum Gasteiger partial charge on any atom is -0.383 e. The molecule has 0 saturated carbocycles. The Hall–Kier alpha value is -2.09. The average Bonchev–Trinajstić information content (AvgIpc) is 3.06. The predicted octanol–water partition coefficient (Wildman–Crippen LogP) is 2.86. The molecule has 0 fully saturated rings. The van der Waals surface area contributed by atoms with Crippen molar-refractivity contribution in [2.45, 2.75) is 24.3 Å². The minimum absolute atomic E-state index is 0.113. The number of ether oxygens (including phenoxy) is 1. The number of nitrogens with one attached hydrogen (secondary N) is 1. The van der Waals surface area contributed by atoms with Crippen LogP contribution in [0, 0.1) is 0 Å². The van der Waals surface area contributed by atoms with Crippen molar-refractivity contribution in [1.29, 1.82) is 0 Å². The maximum atomic E-state index is 12.9. The molecule has 0 aliphatic carbocycles. The second-order valence-electron chi connectivity index (χ2n) is 6.45. The Labute approximate surface area is 164 Å². The Kier molecular flexibility index (Phi) is 5.74. The first-order chi connectivity index (χ1) is 12.8. The number of hydrogen-bond donors (Lipinski definition) is 1. The zero-order valence-corrected chi connectivity index (χ0v) is 16.7. The van der Waals surface area contributed by atoms with Crippen molar-refractivity contribution in [1.82, 2.24) is 5.32 Å². The number of benzene rings is 2. The summed E-state index contributed by atoms with van der Waals surface area (Å²) in [6.45, 7) is 2.62. The Morgan fingerprint density at radius 1 is 1.26 bits per heavy atom. The van der Waals surface area contributed by atoms with Gasteiger partial charge in [-0.15, -0.1) is 0 Å². The van der Waals surface area contributed by atoms with E-state index in [4.69, 9.17) is 16.3 Å². The van der Waals surface area contributed by atoms with Crippen LogP contribution in [0.1, 0.15) is 22.8 Å². The lowest BCUT2D eigenvalue weighted by molar-refractivity contribution is 0.0905. The van der Waals surface area contributed by atoms with Gasteiger partial charge in [0.15, 0.2) is 0 Å². The molecule has 2 aromatic rings. The number of hydrogen-bond acceptors (Lipinski definition) is 4. The van der Waals surface area contributed by atoms with Gasteiger partial charge >= 0.3 is 0 Å². The summed E-state index contributed by atoms with van der Waals surface area (Å²) >= 11 is 5.85. The molecule has 0 unspecified atom stereocenters. The standard InChI is InChI=1S/C19H21ClN2O4S/c1-13(12-26-2)21-19(23)15-3-8-18-14(11-15)9-10-22(18)27(24,25)17-6-4-16(20)5-7-17/h3-8,11,13H,9-10,12H2,1-2H3,(H,21,23)/t13-/m1/s1. The molecule has 144 valence electrons. The number of fused-ring (bicyclic) bond motifs is 1. The summed E-state index contributed by atoms with van der Waals surface area (Å²) in [5.41, 5.74) is 1.94. The Morgan fingerprint density at radius 2 is 1.96 bits per heavy atom. The number of anilines is 1. The van der Waals surface area contributed by atoms with Gasteiger partial charge in [0.05, 0.1) is 17.2 Å².